The molecule has 1 aliphatic rings. The molecule has 128 valence electrons. The van der Waals surface area contributed by atoms with Crippen molar-refractivity contribution in [3.05, 3.63) is 42.1 Å². The molecule has 0 bridgehead atoms. The first-order chi connectivity index (χ1) is 12.2. The van der Waals surface area contributed by atoms with Crippen LogP contribution in [0.2, 0.25) is 0 Å². The maximum Gasteiger partial charge on any atom is 0.156 e. The molecule has 1 aliphatic heterocycles. The zero-order valence-electron chi connectivity index (χ0n) is 14.2. The summed E-state index contributed by atoms with van der Waals surface area (Å²) in [5.41, 5.74) is 1.96. The summed E-state index contributed by atoms with van der Waals surface area (Å²) in [5, 5.41) is 27.9. The third-order valence-electron chi connectivity index (χ3n) is 4.55. The Kier molecular flexibility index (Phi) is 4.19. The molecule has 0 radical (unpaired) electrons. The van der Waals surface area contributed by atoms with Gasteiger partial charge in [0.25, 0.3) is 0 Å². The van der Waals surface area contributed by atoms with Gasteiger partial charge in [0, 0.05) is 29.6 Å². The van der Waals surface area contributed by atoms with Crippen LogP contribution in [0.15, 0.2) is 36.5 Å². The Morgan fingerprint density at radius 3 is 2.76 bits per heavy atom. The van der Waals surface area contributed by atoms with Gasteiger partial charge in [0.1, 0.15) is 17.1 Å². The second kappa shape index (κ2) is 6.64. The lowest BCUT2D eigenvalue weighted by Crippen LogP contribution is -2.38. The van der Waals surface area contributed by atoms with Crippen LogP contribution in [0.1, 0.15) is 18.4 Å². The van der Waals surface area contributed by atoms with Crippen LogP contribution >= 0.6 is 0 Å². The number of nitrogens with one attached hydrogen (secondary N) is 2. The van der Waals surface area contributed by atoms with Gasteiger partial charge in [-0.3, -0.25) is 4.98 Å². The third kappa shape index (κ3) is 3.13. The van der Waals surface area contributed by atoms with E-state index in [0.29, 0.717) is 17.4 Å². The number of fused-ring (bicyclic) bond motifs is 1. The van der Waals surface area contributed by atoms with Gasteiger partial charge in [-0.25, -0.2) is 0 Å². The number of hydrogen-bond acceptors (Lipinski definition) is 6. The van der Waals surface area contributed by atoms with Gasteiger partial charge < -0.3 is 15.7 Å². The van der Waals surface area contributed by atoms with Gasteiger partial charge in [0.2, 0.25) is 0 Å². The lowest BCUT2D eigenvalue weighted by Gasteiger charge is -2.24. The Morgan fingerprint density at radius 2 is 2.00 bits per heavy atom. The number of aromatic hydroxyl groups is 1. The molecule has 3 N–H and O–H groups in total. The summed E-state index contributed by atoms with van der Waals surface area (Å²) < 4.78 is 0. The van der Waals surface area contributed by atoms with Gasteiger partial charge in [-0.1, -0.05) is 24.3 Å². The Balaban J connectivity index is 1.78. The summed E-state index contributed by atoms with van der Waals surface area (Å²) in [7, 11) is 0. The maximum absolute atomic E-state index is 10.3. The lowest BCUT2D eigenvalue weighted by molar-refractivity contribution is 0.474. The first kappa shape index (κ1) is 15.8. The van der Waals surface area contributed by atoms with E-state index in [4.69, 9.17) is 0 Å². The van der Waals surface area contributed by atoms with E-state index >= 15 is 0 Å². The van der Waals surface area contributed by atoms with Crippen molar-refractivity contribution in [2.75, 3.05) is 18.4 Å². The first-order valence-electron chi connectivity index (χ1n) is 8.61. The number of aromatic nitrogens is 3. The van der Waals surface area contributed by atoms with Crippen molar-refractivity contribution in [3.63, 3.8) is 0 Å². The zero-order valence-corrected chi connectivity index (χ0v) is 14.2. The quantitative estimate of drug-likeness (QED) is 0.683. The van der Waals surface area contributed by atoms with E-state index in [2.05, 4.69) is 25.8 Å². The monoisotopic (exact) mass is 335 g/mol. The number of piperidine rings is 1. The predicted octanol–water partition coefficient (Wildman–Crippen LogP) is 2.87. The van der Waals surface area contributed by atoms with E-state index in [0.717, 1.165) is 48.1 Å². The Labute approximate surface area is 146 Å². The maximum atomic E-state index is 10.3. The van der Waals surface area contributed by atoms with Crippen LogP contribution in [-0.2, 0) is 0 Å². The highest BCUT2D eigenvalue weighted by Crippen LogP contribution is 2.33. The summed E-state index contributed by atoms with van der Waals surface area (Å²) in [5.74, 6) is 0.899. The molecule has 3 aromatic rings. The molecule has 6 heteroatoms. The third-order valence-corrected chi connectivity index (χ3v) is 4.55. The highest BCUT2D eigenvalue weighted by Gasteiger charge is 2.18. The fraction of sp³-hybridized carbons (Fsp3) is 0.316. The van der Waals surface area contributed by atoms with Gasteiger partial charge >= 0.3 is 0 Å². The summed E-state index contributed by atoms with van der Waals surface area (Å²) >= 11 is 0. The highest BCUT2D eigenvalue weighted by atomic mass is 16.3. The summed E-state index contributed by atoms with van der Waals surface area (Å²) in [6.07, 6.45) is 4.00. The van der Waals surface area contributed by atoms with Crippen molar-refractivity contribution >= 4 is 16.6 Å². The fourth-order valence-corrected chi connectivity index (χ4v) is 3.29. The van der Waals surface area contributed by atoms with Gasteiger partial charge in [-0.15, -0.1) is 10.2 Å². The average Bonchev–Trinajstić information content (AvgIpc) is 2.64. The van der Waals surface area contributed by atoms with Crippen LogP contribution in [0.3, 0.4) is 0 Å². The van der Waals surface area contributed by atoms with Crippen LogP contribution in [-0.4, -0.2) is 39.4 Å². The summed E-state index contributed by atoms with van der Waals surface area (Å²) in [4.78, 5) is 4.36. The van der Waals surface area contributed by atoms with Crippen molar-refractivity contribution in [1.82, 2.24) is 20.5 Å². The van der Waals surface area contributed by atoms with Crippen LogP contribution in [0.25, 0.3) is 22.2 Å². The molecule has 0 saturated carbocycles. The Bertz CT molecular complexity index is 905. The molecule has 6 nitrogen and oxygen atoms in total. The van der Waals surface area contributed by atoms with E-state index in [1.807, 2.05) is 31.2 Å². The Morgan fingerprint density at radius 1 is 1.16 bits per heavy atom. The van der Waals surface area contributed by atoms with E-state index in [1.165, 1.54) is 0 Å². The number of nitrogens with zero attached hydrogens (tertiary/aromatic N) is 3. The summed E-state index contributed by atoms with van der Waals surface area (Å²) in [6.45, 7) is 3.89. The van der Waals surface area contributed by atoms with Crippen molar-refractivity contribution in [2.24, 2.45) is 0 Å². The number of pyridine rings is 1. The number of anilines is 1. The van der Waals surface area contributed by atoms with E-state index in [-0.39, 0.29) is 5.75 Å². The molecule has 25 heavy (non-hydrogen) atoms. The molecule has 1 atom stereocenters. The van der Waals surface area contributed by atoms with Crippen molar-refractivity contribution in [3.8, 4) is 17.1 Å². The topological polar surface area (TPSA) is 83.0 Å². The predicted molar refractivity (Wildman–Crippen MR) is 98.7 cm³/mol. The number of hydrogen-bond donors (Lipinski definition) is 3. The van der Waals surface area contributed by atoms with Gasteiger partial charge in [-0.05, 0) is 37.9 Å². The normalized spacial score (nSPS) is 17.6. The van der Waals surface area contributed by atoms with Gasteiger partial charge in [0.15, 0.2) is 5.82 Å². The molecular formula is C19H21N5O. The standard InChI is InChI=1S/C19H21N5O/c1-12-9-16(25)18(21-10-12)17-14-6-2-3-7-15(14)19(24-23-17)22-13-5-4-8-20-11-13/h2-3,6-7,9-10,13,20,25H,4-5,8,11H2,1H3,(H,22,24). The fourth-order valence-electron chi connectivity index (χ4n) is 3.29. The molecule has 4 rings (SSSR count). The first-order valence-corrected chi connectivity index (χ1v) is 8.61. The number of benzene rings is 1. The molecule has 1 fully saturated rings. The molecule has 2 aromatic heterocycles. The molecule has 1 aromatic carbocycles. The van der Waals surface area contributed by atoms with E-state index in [9.17, 15) is 5.11 Å². The zero-order chi connectivity index (χ0) is 17.2. The second-order valence-electron chi connectivity index (χ2n) is 6.51. The lowest BCUT2D eigenvalue weighted by atomic mass is 10.1. The SMILES string of the molecule is Cc1cnc(-c2nnc(NC3CCCNC3)c3ccccc23)c(O)c1. The van der Waals surface area contributed by atoms with Crippen LogP contribution in [0.5, 0.6) is 5.75 Å². The van der Waals surface area contributed by atoms with Crippen LogP contribution in [0, 0.1) is 6.92 Å². The van der Waals surface area contributed by atoms with Crippen molar-refractivity contribution in [2.45, 2.75) is 25.8 Å². The van der Waals surface area contributed by atoms with E-state index < -0.39 is 0 Å². The number of rotatable bonds is 3. The summed E-state index contributed by atoms with van der Waals surface area (Å²) in [6, 6.07) is 10.0. The Hall–Kier alpha value is -2.73. The molecule has 0 amide bonds. The molecule has 0 spiro atoms. The molecule has 3 heterocycles. The van der Waals surface area contributed by atoms with Crippen LogP contribution in [0.4, 0.5) is 5.82 Å². The minimum Gasteiger partial charge on any atom is -0.506 e. The average molecular weight is 335 g/mol. The minimum atomic E-state index is 0.122. The van der Waals surface area contributed by atoms with Gasteiger partial charge in [-0.2, -0.15) is 0 Å². The minimum absolute atomic E-state index is 0.122. The van der Waals surface area contributed by atoms with Crippen molar-refractivity contribution < 1.29 is 5.11 Å². The second-order valence-corrected chi connectivity index (χ2v) is 6.51. The number of aryl methyl sites for hydroxylation is 1. The molecule has 1 unspecified atom stereocenters. The van der Waals surface area contributed by atoms with Crippen LogP contribution < -0.4 is 10.6 Å². The molecule has 1 saturated heterocycles. The smallest absolute Gasteiger partial charge is 0.156 e. The molecule has 0 aliphatic carbocycles. The van der Waals surface area contributed by atoms with Gasteiger partial charge in [0.05, 0.1) is 0 Å². The molecular weight excluding hydrogens is 314 g/mol. The largest absolute Gasteiger partial charge is 0.506 e. The van der Waals surface area contributed by atoms with Crippen molar-refractivity contribution in [1.29, 1.82) is 0 Å². The highest BCUT2D eigenvalue weighted by molar-refractivity contribution is 6.00. The van der Waals surface area contributed by atoms with E-state index in [1.54, 1.807) is 12.3 Å².